The normalized spacial score (nSPS) is 18.7. The van der Waals surface area contributed by atoms with Gasteiger partial charge < -0.3 is 19.7 Å². The number of fused-ring (bicyclic) bond motifs is 1. The van der Waals surface area contributed by atoms with Crippen molar-refractivity contribution >= 4 is 17.1 Å². The van der Waals surface area contributed by atoms with Crippen molar-refractivity contribution in [3.8, 4) is 11.4 Å². The number of hydrogen-bond donors (Lipinski definition) is 1. The summed E-state index contributed by atoms with van der Waals surface area (Å²) in [5, 5.41) is 3.48. The molecule has 0 aliphatic carbocycles. The van der Waals surface area contributed by atoms with E-state index in [2.05, 4.69) is 64.0 Å². The van der Waals surface area contributed by atoms with E-state index < -0.39 is 0 Å². The third-order valence-electron chi connectivity index (χ3n) is 6.79. The lowest BCUT2D eigenvalue weighted by molar-refractivity contribution is 0.311. The van der Waals surface area contributed by atoms with Crippen LogP contribution in [0.3, 0.4) is 0 Å². The van der Waals surface area contributed by atoms with Gasteiger partial charge in [-0.1, -0.05) is 30.3 Å². The predicted molar refractivity (Wildman–Crippen MR) is 125 cm³/mol. The van der Waals surface area contributed by atoms with Crippen LogP contribution < -0.4 is 10.2 Å². The fraction of sp³-hybridized carbons (Fsp3) is 0.542. The summed E-state index contributed by atoms with van der Waals surface area (Å²) in [6.45, 7) is 9.32. The van der Waals surface area contributed by atoms with Gasteiger partial charge >= 0.3 is 0 Å². The van der Waals surface area contributed by atoms with E-state index in [-0.39, 0.29) is 0 Å². The highest BCUT2D eigenvalue weighted by Gasteiger charge is 2.22. The van der Waals surface area contributed by atoms with Crippen LogP contribution in [0.5, 0.6) is 0 Å². The molecule has 2 saturated heterocycles. The standard InChI is InChI=1S/C24H33N7/c1-18-21-23(28-24(26-18)30-16-14-29(2)15-17-30)31(13-10-19-8-11-25-12-9-19)22(27-21)20-6-4-3-5-7-20/h3-7,19,25H,8-17H2,1-2H3. The quantitative estimate of drug-likeness (QED) is 0.686. The molecule has 0 atom stereocenters. The van der Waals surface area contributed by atoms with Crippen LogP contribution in [0.1, 0.15) is 25.0 Å². The summed E-state index contributed by atoms with van der Waals surface area (Å²) in [5.74, 6) is 2.63. The number of nitrogens with one attached hydrogen (secondary N) is 1. The van der Waals surface area contributed by atoms with Crippen molar-refractivity contribution in [3.05, 3.63) is 36.0 Å². The Balaban J connectivity index is 1.54. The number of aromatic nitrogens is 4. The van der Waals surface area contributed by atoms with Gasteiger partial charge in [-0.15, -0.1) is 0 Å². The maximum absolute atomic E-state index is 5.08. The van der Waals surface area contributed by atoms with Crippen molar-refractivity contribution in [3.63, 3.8) is 0 Å². The third-order valence-corrected chi connectivity index (χ3v) is 6.79. The minimum atomic E-state index is 0.766. The zero-order chi connectivity index (χ0) is 21.2. The lowest BCUT2D eigenvalue weighted by atomic mass is 9.95. The van der Waals surface area contributed by atoms with Gasteiger partial charge in [0, 0.05) is 38.3 Å². The third kappa shape index (κ3) is 4.29. The molecular weight excluding hydrogens is 386 g/mol. The van der Waals surface area contributed by atoms with E-state index in [1.54, 1.807) is 0 Å². The molecule has 0 amide bonds. The predicted octanol–water partition coefficient (Wildman–Crippen LogP) is 2.94. The highest BCUT2D eigenvalue weighted by Crippen LogP contribution is 2.28. The molecule has 2 aliphatic rings. The number of imidazole rings is 1. The van der Waals surface area contributed by atoms with Crippen molar-refractivity contribution in [2.75, 3.05) is 51.2 Å². The molecule has 4 heterocycles. The van der Waals surface area contributed by atoms with Gasteiger partial charge in [0.05, 0.1) is 5.69 Å². The van der Waals surface area contributed by atoms with Crippen molar-refractivity contribution in [1.82, 2.24) is 29.7 Å². The minimum absolute atomic E-state index is 0.766. The summed E-state index contributed by atoms with van der Waals surface area (Å²) in [6.07, 6.45) is 3.68. The van der Waals surface area contributed by atoms with Crippen LogP contribution in [0.2, 0.25) is 0 Å². The number of piperazine rings is 1. The first-order valence-corrected chi connectivity index (χ1v) is 11.6. The molecule has 0 bridgehead atoms. The second kappa shape index (κ2) is 8.93. The second-order valence-corrected chi connectivity index (χ2v) is 9.01. The van der Waals surface area contributed by atoms with Gasteiger partial charge in [0.1, 0.15) is 11.3 Å². The van der Waals surface area contributed by atoms with Crippen LogP contribution in [0, 0.1) is 12.8 Å². The van der Waals surface area contributed by atoms with Crippen LogP contribution >= 0.6 is 0 Å². The zero-order valence-electron chi connectivity index (χ0n) is 18.7. The van der Waals surface area contributed by atoms with Gasteiger partial charge in [-0.05, 0) is 52.2 Å². The molecule has 7 nitrogen and oxygen atoms in total. The summed E-state index contributed by atoms with van der Waals surface area (Å²) >= 11 is 0. The number of anilines is 1. The van der Waals surface area contributed by atoms with Crippen LogP contribution in [0.25, 0.3) is 22.6 Å². The number of benzene rings is 1. The Bertz CT molecular complexity index is 1020. The van der Waals surface area contributed by atoms with E-state index in [4.69, 9.17) is 15.0 Å². The molecule has 0 unspecified atom stereocenters. The molecule has 2 aliphatic heterocycles. The smallest absolute Gasteiger partial charge is 0.227 e. The number of rotatable bonds is 5. The number of nitrogens with zero attached hydrogens (tertiary/aromatic N) is 6. The molecule has 1 aromatic carbocycles. The molecule has 31 heavy (non-hydrogen) atoms. The molecule has 0 radical (unpaired) electrons. The molecule has 3 aromatic rings. The molecular formula is C24H33N7. The van der Waals surface area contributed by atoms with Crippen LogP contribution in [0.15, 0.2) is 30.3 Å². The lowest BCUT2D eigenvalue weighted by Gasteiger charge is -2.32. The number of aryl methyl sites for hydroxylation is 2. The molecule has 0 spiro atoms. The highest BCUT2D eigenvalue weighted by molar-refractivity contribution is 5.80. The number of piperidine rings is 1. The largest absolute Gasteiger partial charge is 0.338 e. The molecule has 5 rings (SSSR count). The first-order chi connectivity index (χ1) is 15.2. The number of likely N-dealkylation sites (N-methyl/N-ethyl adjacent to an activating group) is 1. The van der Waals surface area contributed by atoms with E-state index in [0.717, 1.165) is 85.9 Å². The van der Waals surface area contributed by atoms with E-state index in [0.29, 0.717) is 0 Å². The Labute approximate surface area is 184 Å². The molecule has 0 saturated carbocycles. The summed E-state index contributed by atoms with van der Waals surface area (Å²) in [4.78, 5) is 19.7. The topological polar surface area (TPSA) is 62.1 Å². The van der Waals surface area contributed by atoms with E-state index in [1.807, 2.05) is 0 Å². The van der Waals surface area contributed by atoms with Crippen molar-refractivity contribution < 1.29 is 0 Å². The first kappa shape index (κ1) is 20.4. The molecule has 2 aromatic heterocycles. The Kier molecular flexibility index (Phi) is 5.87. The maximum Gasteiger partial charge on any atom is 0.227 e. The summed E-state index contributed by atoms with van der Waals surface area (Å²) in [7, 11) is 2.18. The van der Waals surface area contributed by atoms with Gasteiger partial charge in [-0.3, -0.25) is 0 Å². The van der Waals surface area contributed by atoms with E-state index in [9.17, 15) is 0 Å². The Morgan fingerprint density at radius 3 is 2.45 bits per heavy atom. The fourth-order valence-corrected chi connectivity index (χ4v) is 4.77. The van der Waals surface area contributed by atoms with Crippen molar-refractivity contribution in [1.29, 1.82) is 0 Å². The van der Waals surface area contributed by atoms with Gasteiger partial charge in [-0.25, -0.2) is 9.97 Å². The first-order valence-electron chi connectivity index (χ1n) is 11.6. The lowest BCUT2D eigenvalue weighted by Crippen LogP contribution is -2.45. The monoisotopic (exact) mass is 419 g/mol. The van der Waals surface area contributed by atoms with Crippen molar-refractivity contribution in [2.24, 2.45) is 5.92 Å². The highest BCUT2D eigenvalue weighted by atomic mass is 15.3. The van der Waals surface area contributed by atoms with Crippen molar-refractivity contribution in [2.45, 2.75) is 32.7 Å². The average Bonchev–Trinajstić information content (AvgIpc) is 3.18. The zero-order valence-corrected chi connectivity index (χ0v) is 18.7. The average molecular weight is 420 g/mol. The second-order valence-electron chi connectivity index (χ2n) is 9.01. The van der Waals surface area contributed by atoms with Gasteiger partial charge in [-0.2, -0.15) is 4.98 Å². The van der Waals surface area contributed by atoms with Crippen LogP contribution in [-0.4, -0.2) is 70.7 Å². The van der Waals surface area contributed by atoms with E-state index in [1.165, 1.54) is 19.3 Å². The Hall–Kier alpha value is -2.51. The van der Waals surface area contributed by atoms with Crippen LogP contribution in [0.4, 0.5) is 5.95 Å². The number of hydrogen-bond acceptors (Lipinski definition) is 6. The van der Waals surface area contributed by atoms with Gasteiger partial charge in [0.25, 0.3) is 0 Å². The molecule has 1 N–H and O–H groups in total. The SMILES string of the molecule is Cc1nc(N2CCN(C)CC2)nc2c1nc(-c1ccccc1)n2CCC1CCNCC1. The minimum Gasteiger partial charge on any atom is -0.338 e. The Morgan fingerprint density at radius 1 is 0.968 bits per heavy atom. The summed E-state index contributed by atoms with van der Waals surface area (Å²) in [5.41, 5.74) is 4.03. The van der Waals surface area contributed by atoms with Gasteiger partial charge in [0.2, 0.25) is 5.95 Å². The maximum atomic E-state index is 5.08. The Morgan fingerprint density at radius 2 is 1.71 bits per heavy atom. The molecule has 7 heteroatoms. The fourth-order valence-electron chi connectivity index (χ4n) is 4.77. The molecule has 164 valence electrons. The van der Waals surface area contributed by atoms with Crippen LogP contribution in [-0.2, 0) is 6.54 Å². The summed E-state index contributed by atoms with van der Waals surface area (Å²) in [6, 6.07) is 10.5. The van der Waals surface area contributed by atoms with Gasteiger partial charge in [0.15, 0.2) is 5.65 Å². The molecule has 2 fully saturated rings. The van der Waals surface area contributed by atoms with E-state index >= 15 is 0 Å². The summed E-state index contributed by atoms with van der Waals surface area (Å²) < 4.78 is 2.35.